The van der Waals surface area contributed by atoms with Gasteiger partial charge in [-0.15, -0.1) is 0 Å². The van der Waals surface area contributed by atoms with Crippen molar-refractivity contribution in [2.75, 3.05) is 39.5 Å². The molecular formula is C17H23NO3. The molecule has 4 rings (SSSR count). The number of benzene rings is 1. The van der Waals surface area contributed by atoms with Crippen LogP contribution in [0.3, 0.4) is 0 Å². The van der Waals surface area contributed by atoms with Crippen LogP contribution in [0, 0.1) is 5.41 Å². The Morgan fingerprint density at radius 2 is 2.05 bits per heavy atom. The van der Waals surface area contributed by atoms with Crippen molar-refractivity contribution in [3.05, 3.63) is 29.8 Å². The van der Waals surface area contributed by atoms with Gasteiger partial charge in [0, 0.05) is 43.7 Å². The number of hydrogen-bond acceptors (Lipinski definition) is 4. The van der Waals surface area contributed by atoms with Gasteiger partial charge in [0.15, 0.2) is 0 Å². The monoisotopic (exact) mass is 289 g/mol. The SMILES string of the molecule is OC[C@]12COc3ccccc3[C@H]1CN(C1CCOCC1)C2. The Morgan fingerprint density at radius 3 is 2.86 bits per heavy atom. The summed E-state index contributed by atoms with van der Waals surface area (Å²) in [6, 6.07) is 8.91. The topological polar surface area (TPSA) is 41.9 Å². The van der Waals surface area contributed by atoms with Gasteiger partial charge >= 0.3 is 0 Å². The molecule has 1 N–H and O–H groups in total. The van der Waals surface area contributed by atoms with E-state index in [4.69, 9.17) is 9.47 Å². The zero-order valence-electron chi connectivity index (χ0n) is 12.3. The molecule has 0 saturated carbocycles. The maximum absolute atomic E-state index is 10.1. The van der Waals surface area contributed by atoms with Crippen LogP contribution in [0.15, 0.2) is 24.3 Å². The second-order valence-electron chi connectivity index (χ2n) is 6.67. The van der Waals surface area contributed by atoms with E-state index in [1.807, 2.05) is 12.1 Å². The van der Waals surface area contributed by atoms with Crippen LogP contribution in [0.2, 0.25) is 0 Å². The van der Waals surface area contributed by atoms with Gasteiger partial charge in [-0.3, -0.25) is 4.90 Å². The molecule has 3 aliphatic rings. The van der Waals surface area contributed by atoms with Crippen LogP contribution in [-0.2, 0) is 4.74 Å². The van der Waals surface area contributed by atoms with E-state index in [0.717, 1.165) is 44.9 Å². The van der Waals surface area contributed by atoms with Crippen LogP contribution in [0.5, 0.6) is 5.75 Å². The Hall–Kier alpha value is -1.10. The average molecular weight is 289 g/mol. The molecule has 0 aromatic heterocycles. The summed E-state index contributed by atoms with van der Waals surface area (Å²) in [4.78, 5) is 2.56. The fraction of sp³-hybridized carbons (Fsp3) is 0.647. The lowest BCUT2D eigenvalue weighted by atomic mass is 9.74. The summed E-state index contributed by atoms with van der Waals surface area (Å²) in [5, 5.41) is 10.1. The zero-order chi connectivity index (χ0) is 14.3. The van der Waals surface area contributed by atoms with Crippen molar-refractivity contribution >= 4 is 0 Å². The van der Waals surface area contributed by atoms with E-state index in [1.54, 1.807) is 0 Å². The smallest absolute Gasteiger partial charge is 0.122 e. The van der Waals surface area contributed by atoms with Crippen LogP contribution in [0.4, 0.5) is 0 Å². The molecule has 1 aromatic carbocycles. The van der Waals surface area contributed by atoms with Crippen LogP contribution in [0.1, 0.15) is 24.3 Å². The first kappa shape index (κ1) is 13.6. The third kappa shape index (κ3) is 2.17. The van der Waals surface area contributed by atoms with Crippen LogP contribution < -0.4 is 4.74 Å². The van der Waals surface area contributed by atoms with E-state index < -0.39 is 0 Å². The lowest BCUT2D eigenvalue weighted by Crippen LogP contribution is -2.44. The number of hydrogen-bond donors (Lipinski definition) is 1. The van der Waals surface area contributed by atoms with Gasteiger partial charge in [0.05, 0.1) is 13.2 Å². The predicted octanol–water partition coefficient (Wildman–Crippen LogP) is 1.64. The normalized spacial score (nSPS) is 33.3. The molecule has 0 unspecified atom stereocenters. The standard InChI is InChI=1S/C17H23NO3/c19-11-17-10-18(13-5-7-20-8-6-13)9-15(17)14-3-1-2-4-16(14)21-12-17/h1-4,13,15,19H,5-12H2/t15-,17-/m1/s1. The molecule has 3 heterocycles. The molecule has 114 valence electrons. The highest BCUT2D eigenvalue weighted by molar-refractivity contribution is 5.41. The highest BCUT2D eigenvalue weighted by Crippen LogP contribution is 2.50. The minimum atomic E-state index is -0.132. The van der Waals surface area contributed by atoms with Gasteiger partial charge in [0.25, 0.3) is 0 Å². The first-order valence-electron chi connectivity index (χ1n) is 7.97. The number of aliphatic hydroxyl groups is 1. The fourth-order valence-corrected chi connectivity index (χ4v) is 4.24. The van der Waals surface area contributed by atoms with Gasteiger partial charge in [-0.25, -0.2) is 0 Å². The summed E-state index contributed by atoms with van der Waals surface area (Å²) >= 11 is 0. The number of fused-ring (bicyclic) bond motifs is 3. The summed E-state index contributed by atoms with van der Waals surface area (Å²) in [5.41, 5.74) is 1.14. The highest BCUT2D eigenvalue weighted by atomic mass is 16.5. The Labute approximate surface area is 125 Å². The van der Waals surface area contributed by atoms with Gasteiger partial charge in [0.2, 0.25) is 0 Å². The summed E-state index contributed by atoms with van der Waals surface area (Å²) in [5.74, 6) is 1.38. The Balaban J connectivity index is 1.63. The fourth-order valence-electron chi connectivity index (χ4n) is 4.24. The van der Waals surface area contributed by atoms with E-state index in [-0.39, 0.29) is 12.0 Å². The predicted molar refractivity (Wildman–Crippen MR) is 79.6 cm³/mol. The van der Waals surface area contributed by atoms with Crippen molar-refractivity contribution in [2.45, 2.75) is 24.8 Å². The largest absolute Gasteiger partial charge is 0.493 e. The van der Waals surface area contributed by atoms with E-state index in [1.165, 1.54) is 5.56 Å². The molecule has 0 spiro atoms. The van der Waals surface area contributed by atoms with Crippen molar-refractivity contribution in [1.29, 1.82) is 0 Å². The second kappa shape index (κ2) is 5.27. The van der Waals surface area contributed by atoms with Crippen LogP contribution in [-0.4, -0.2) is 55.6 Å². The number of aliphatic hydroxyl groups excluding tert-OH is 1. The Morgan fingerprint density at radius 1 is 1.24 bits per heavy atom. The molecule has 2 atom stereocenters. The van der Waals surface area contributed by atoms with Crippen molar-refractivity contribution in [3.8, 4) is 5.75 Å². The van der Waals surface area contributed by atoms with E-state index in [2.05, 4.69) is 17.0 Å². The molecule has 0 aliphatic carbocycles. The van der Waals surface area contributed by atoms with Crippen LogP contribution >= 0.6 is 0 Å². The second-order valence-corrected chi connectivity index (χ2v) is 6.67. The number of likely N-dealkylation sites (tertiary alicyclic amines) is 1. The van der Waals surface area contributed by atoms with Crippen molar-refractivity contribution < 1.29 is 14.6 Å². The number of nitrogens with zero attached hydrogens (tertiary/aromatic N) is 1. The minimum absolute atomic E-state index is 0.132. The summed E-state index contributed by atoms with van der Waals surface area (Å²) in [6.07, 6.45) is 2.22. The van der Waals surface area contributed by atoms with Crippen LogP contribution in [0.25, 0.3) is 0 Å². The first-order valence-corrected chi connectivity index (χ1v) is 7.97. The lowest BCUT2D eigenvalue weighted by Gasteiger charge is -2.38. The summed E-state index contributed by atoms with van der Waals surface area (Å²) < 4.78 is 11.4. The lowest BCUT2D eigenvalue weighted by molar-refractivity contribution is 0.0214. The molecule has 3 aliphatic heterocycles. The molecule has 2 fully saturated rings. The number of para-hydroxylation sites is 1. The molecule has 0 radical (unpaired) electrons. The van der Waals surface area contributed by atoms with Gasteiger partial charge in [0.1, 0.15) is 5.75 Å². The van der Waals surface area contributed by atoms with Gasteiger partial charge in [-0.2, -0.15) is 0 Å². The van der Waals surface area contributed by atoms with Crippen molar-refractivity contribution in [3.63, 3.8) is 0 Å². The molecule has 0 bridgehead atoms. The number of ether oxygens (including phenoxy) is 2. The van der Waals surface area contributed by atoms with Gasteiger partial charge < -0.3 is 14.6 Å². The minimum Gasteiger partial charge on any atom is -0.493 e. The quantitative estimate of drug-likeness (QED) is 0.898. The number of rotatable bonds is 2. The molecule has 4 heteroatoms. The first-order chi connectivity index (χ1) is 10.3. The Kier molecular flexibility index (Phi) is 3.40. The van der Waals surface area contributed by atoms with Gasteiger partial charge in [-0.1, -0.05) is 18.2 Å². The van der Waals surface area contributed by atoms with Crippen molar-refractivity contribution in [1.82, 2.24) is 4.90 Å². The maximum Gasteiger partial charge on any atom is 0.122 e. The van der Waals surface area contributed by atoms with E-state index >= 15 is 0 Å². The molecule has 1 aromatic rings. The third-order valence-electron chi connectivity index (χ3n) is 5.51. The Bertz CT molecular complexity index is 515. The zero-order valence-corrected chi connectivity index (χ0v) is 12.3. The maximum atomic E-state index is 10.1. The molecular weight excluding hydrogens is 266 g/mol. The molecule has 21 heavy (non-hydrogen) atoms. The van der Waals surface area contributed by atoms with E-state index in [9.17, 15) is 5.11 Å². The summed E-state index contributed by atoms with van der Waals surface area (Å²) in [6.45, 7) is 4.53. The molecule has 0 amide bonds. The summed E-state index contributed by atoms with van der Waals surface area (Å²) in [7, 11) is 0. The highest BCUT2D eigenvalue weighted by Gasteiger charge is 2.52. The third-order valence-corrected chi connectivity index (χ3v) is 5.51. The molecule has 4 nitrogen and oxygen atoms in total. The van der Waals surface area contributed by atoms with Gasteiger partial charge in [-0.05, 0) is 24.5 Å². The average Bonchev–Trinajstić information content (AvgIpc) is 2.96. The van der Waals surface area contributed by atoms with E-state index in [0.29, 0.717) is 18.6 Å². The molecule has 2 saturated heterocycles. The van der Waals surface area contributed by atoms with Crippen molar-refractivity contribution in [2.24, 2.45) is 5.41 Å².